The lowest BCUT2D eigenvalue weighted by Crippen LogP contribution is -2.44. The molecule has 0 saturated heterocycles. The van der Waals surface area contributed by atoms with Crippen molar-refractivity contribution in [1.82, 2.24) is 0 Å². The van der Waals surface area contributed by atoms with Gasteiger partial charge in [-0.15, -0.1) is 0 Å². The molecule has 0 heterocycles. The van der Waals surface area contributed by atoms with E-state index in [0.717, 1.165) is 54.5 Å². The molecule has 2 N–H and O–H groups in total. The summed E-state index contributed by atoms with van der Waals surface area (Å²) in [5.41, 5.74) is 9.75. The van der Waals surface area contributed by atoms with Gasteiger partial charge in [-0.1, -0.05) is 175 Å². The van der Waals surface area contributed by atoms with Crippen molar-refractivity contribution in [1.29, 1.82) is 0 Å². The van der Waals surface area contributed by atoms with Crippen LogP contribution in [-0.2, 0) is 16.6 Å². The monoisotopic (exact) mass is 710 g/mol. The second-order valence-electron chi connectivity index (χ2n) is 14.1. The van der Waals surface area contributed by atoms with Crippen LogP contribution in [-0.4, -0.2) is 10.2 Å². The molecule has 0 fully saturated rings. The third-order valence-electron chi connectivity index (χ3n) is 11.1. The van der Waals surface area contributed by atoms with E-state index in [1.807, 2.05) is 78.9 Å². The number of fused-ring (bicyclic) bond motifs is 5. The third-order valence-corrected chi connectivity index (χ3v) is 11.6. The minimum atomic E-state index is -1.56. The molecule has 0 saturated carbocycles. The Morgan fingerprint density at radius 1 is 0.380 bits per heavy atom. The summed E-state index contributed by atoms with van der Waals surface area (Å²) in [6.45, 7) is 4.50. The van der Waals surface area contributed by atoms with Crippen molar-refractivity contribution in [3.63, 3.8) is 0 Å². The van der Waals surface area contributed by atoms with E-state index in [0.29, 0.717) is 22.3 Å². The Balaban J connectivity index is 1.33. The summed E-state index contributed by atoms with van der Waals surface area (Å²) in [6, 6.07) is 55.8. The Labute approximate surface area is 301 Å². The van der Waals surface area contributed by atoms with Gasteiger partial charge in [-0.3, -0.25) is 0 Å². The van der Waals surface area contributed by atoms with Crippen LogP contribution in [0, 0.1) is 0 Å². The number of benzene rings is 7. The number of aliphatic hydroxyl groups is 2. The zero-order chi connectivity index (χ0) is 34.3. The van der Waals surface area contributed by atoms with E-state index >= 15 is 0 Å². The summed E-state index contributed by atoms with van der Waals surface area (Å²) < 4.78 is 0.828. The average molecular weight is 712 g/mol. The fraction of sp³-hybridized carbons (Fsp3) is 0.106. The van der Waals surface area contributed by atoms with Crippen LogP contribution >= 0.6 is 15.9 Å². The van der Waals surface area contributed by atoms with Gasteiger partial charge in [0, 0.05) is 21.0 Å². The van der Waals surface area contributed by atoms with Crippen LogP contribution in [0.1, 0.15) is 58.4 Å². The highest BCUT2D eigenvalue weighted by Crippen LogP contribution is 2.58. The van der Waals surface area contributed by atoms with Crippen molar-refractivity contribution in [3.05, 3.63) is 213 Å². The fourth-order valence-electron chi connectivity index (χ4n) is 8.46. The lowest BCUT2D eigenvalue weighted by atomic mass is 9.62. The van der Waals surface area contributed by atoms with Crippen molar-refractivity contribution >= 4 is 15.9 Å². The largest absolute Gasteiger partial charge is 0.376 e. The van der Waals surface area contributed by atoms with E-state index in [2.05, 4.69) is 115 Å². The maximum Gasteiger partial charge on any atom is 0.141 e. The Bertz CT molecular complexity index is 2410. The lowest BCUT2D eigenvalue weighted by molar-refractivity contribution is 0.0746. The van der Waals surface area contributed by atoms with Crippen molar-refractivity contribution < 1.29 is 10.2 Å². The number of hydrogen-bond acceptors (Lipinski definition) is 2. The molecule has 2 unspecified atom stereocenters. The molecule has 2 aliphatic rings. The first kappa shape index (κ1) is 31.0. The summed E-state index contributed by atoms with van der Waals surface area (Å²) in [5, 5.41) is 26.9. The van der Waals surface area contributed by atoms with E-state index in [4.69, 9.17) is 0 Å². The second-order valence-corrected chi connectivity index (χ2v) is 15.0. The third kappa shape index (κ3) is 4.41. The van der Waals surface area contributed by atoms with Crippen LogP contribution < -0.4 is 0 Å². The minimum Gasteiger partial charge on any atom is -0.376 e. The predicted octanol–water partition coefficient (Wildman–Crippen LogP) is 11.0. The molecule has 0 spiro atoms. The lowest BCUT2D eigenvalue weighted by Gasteiger charge is -2.46. The zero-order valence-corrected chi connectivity index (χ0v) is 29.4. The predicted molar refractivity (Wildman–Crippen MR) is 206 cm³/mol. The van der Waals surface area contributed by atoms with Gasteiger partial charge in [0.25, 0.3) is 0 Å². The molecular formula is C47H35BrO2. The van der Waals surface area contributed by atoms with Gasteiger partial charge in [0.1, 0.15) is 11.2 Å². The second kappa shape index (κ2) is 11.2. The van der Waals surface area contributed by atoms with Gasteiger partial charge in [-0.05, 0) is 85.0 Å². The maximum absolute atomic E-state index is 13.5. The molecular weight excluding hydrogens is 676 g/mol. The average Bonchev–Trinajstić information content (AvgIpc) is 3.39. The molecule has 0 amide bonds. The van der Waals surface area contributed by atoms with Gasteiger partial charge in [0.2, 0.25) is 0 Å². The first-order chi connectivity index (χ1) is 24.2. The maximum atomic E-state index is 13.5. The Morgan fingerprint density at radius 3 is 1.42 bits per heavy atom. The van der Waals surface area contributed by atoms with E-state index in [1.54, 1.807) is 0 Å². The van der Waals surface area contributed by atoms with Crippen LogP contribution in [0.4, 0.5) is 0 Å². The molecule has 9 rings (SSSR count). The Kier molecular flexibility index (Phi) is 6.95. The Morgan fingerprint density at radius 2 is 0.840 bits per heavy atom. The molecule has 0 aromatic heterocycles. The van der Waals surface area contributed by atoms with Crippen LogP contribution in [0.3, 0.4) is 0 Å². The number of halogens is 1. The van der Waals surface area contributed by atoms with E-state index in [-0.39, 0.29) is 5.41 Å². The number of hydrogen-bond donors (Lipinski definition) is 2. The van der Waals surface area contributed by atoms with Crippen LogP contribution in [0.15, 0.2) is 168 Å². The van der Waals surface area contributed by atoms with E-state index in [1.165, 1.54) is 5.56 Å². The van der Waals surface area contributed by atoms with E-state index < -0.39 is 11.2 Å². The molecule has 0 radical (unpaired) electrons. The van der Waals surface area contributed by atoms with Gasteiger partial charge in [0.05, 0.1) is 0 Å². The molecule has 7 aromatic rings. The molecule has 2 aliphatic carbocycles. The molecule has 3 heteroatoms. The first-order valence-corrected chi connectivity index (χ1v) is 17.9. The van der Waals surface area contributed by atoms with Gasteiger partial charge >= 0.3 is 0 Å². The van der Waals surface area contributed by atoms with Gasteiger partial charge in [0.15, 0.2) is 0 Å². The summed E-state index contributed by atoms with van der Waals surface area (Å²) in [4.78, 5) is 0. The number of rotatable bonds is 4. The smallest absolute Gasteiger partial charge is 0.141 e. The SMILES string of the molecule is CC1(C)c2ccccc2-c2cc3c(cc21)C(O)(c1ccc(-c2ccccc2)cc1)c1cc(Br)ccc1C3(O)c1ccc(-c2ccccc2)cc1. The Hall–Kier alpha value is -5.06. The topological polar surface area (TPSA) is 40.5 Å². The van der Waals surface area contributed by atoms with Crippen molar-refractivity contribution in [2.24, 2.45) is 0 Å². The van der Waals surface area contributed by atoms with Crippen LogP contribution in [0.25, 0.3) is 33.4 Å². The fourth-order valence-corrected chi connectivity index (χ4v) is 8.82. The molecule has 0 aliphatic heterocycles. The molecule has 2 nitrogen and oxygen atoms in total. The quantitative estimate of drug-likeness (QED) is 0.191. The summed E-state index contributed by atoms with van der Waals surface area (Å²) in [6.07, 6.45) is 0. The van der Waals surface area contributed by atoms with Crippen LogP contribution in [0.5, 0.6) is 0 Å². The molecule has 242 valence electrons. The molecule has 2 atom stereocenters. The van der Waals surface area contributed by atoms with Crippen molar-refractivity contribution in [3.8, 4) is 33.4 Å². The van der Waals surface area contributed by atoms with Crippen molar-refractivity contribution in [2.75, 3.05) is 0 Å². The van der Waals surface area contributed by atoms with Crippen LogP contribution in [0.2, 0.25) is 0 Å². The molecule has 0 bridgehead atoms. The van der Waals surface area contributed by atoms with Crippen molar-refractivity contribution in [2.45, 2.75) is 30.5 Å². The minimum absolute atomic E-state index is 0.300. The van der Waals surface area contributed by atoms with Gasteiger partial charge < -0.3 is 10.2 Å². The standard InChI is InChI=1S/C47H35BrO2/c1-45(2)39-16-10-9-15-37(39)38-28-43-44(29-41(38)45)47(50,35-23-19-33(20-24-35)31-13-7-4-8-14-31)42-27-36(48)25-26-40(42)46(43,49)34-21-17-32(18-22-34)30-11-5-3-6-12-30/h3-29,49-50H,1-2H3. The summed E-state index contributed by atoms with van der Waals surface area (Å²) in [7, 11) is 0. The zero-order valence-electron chi connectivity index (χ0n) is 27.9. The normalized spacial score (nSPS) is 19.6. The highest BCUT2D eigenvalue weighted by molar-refractivity contribution is 9.10. The summed E-state index contributed by atoms with van der Waals surface area (Å²) in [5.74, 6) is 0. The molecule has 50 heavy (non-hydrogen) atoms. The highest BCUT2D eigenvalue weighted by Gasteiger charge is 2.52. The van der Waals surface area contributed by atoms with Gasteiger partial charge in [-0.25, -0.2) is 0 Å². The van der Waals surface area contributed by atoms with E-state index in [9.17, 15) is 10.2 Å². The molecule has 7 aromatic carbocycles. The summed E-state index contributed by atoms with van der Waals surface area (Å²) >= 11 is 3.72. The highest BCUT2D eigenvalue weighted by atomic mass is 79.9. The first-order valence-electron chi connectivity index (χ1n) is 17.1. The van der Waals surface area contributed by atoms with Gasteiger partial charge in [-0.2, -0.15) is 0 Å².